The van der Waals surface area contributed by atoms with Crippen LogP contribution in [-0.2, 0) is 9.53 Å². The Bertz CT molecular complexity index is 1110. The highest BCUT2D eigenvalue weighted by Gasteiger charge is 2.35. The number of anilines is 2. The Kier molecular flexibility index (Phi) is 8.19. The Hall–Kier alpha value is -4.21. The molecule has 35 heavy (non-hydrogen) atoms. The molecule has 0 aromatic heterocycles. The second-order valence-corrected chi connectivity index (χ2v) is 7.83. The third-order valence-electron chi connectivity index (χ3n) is 5.56. The van der Waals surface area contributed by atoms with E-state index in [1.165, 1.54) is 26.2 Å². The Labute approximate surface area is 204 Å². The summed E-state index contributed by atoms with van der Waals surface area (Å²) < 4.78 is 15.4. The SMILES string of the molecule is CCCN1C(=O)NC(c2ccc(NC(=O)Nc3cc(OC)cc(OC)c3)cc2)C(C(=O)OC)=C1C. The number of nitrogens with zero attached hydrogens (tertiary/aromatic N) is 1. The van der Waals surface area contributed by atoms with E-state index < -0.39 is 18.0 Å². The average molecular weight is 483 g/mol. The lowest BCUT2D eigenvalue weighted by Gasteiger charge is -2.35. The highest BCUT2D eigenvalue weighted by Crippen LogP contribution is 2.32. The summed E-state index contributed by atoms with van der Waals surface area (Å²) in [6, 6.07) is 10.5. The van der Waals surface area contributed by atoms with Gasteiger partial charge < -0.3 is 30.2 Å². The summed E-state index contributed by atoms with van der Waals surface area (Å²) in [5.74, 6) is 0.575. The Morgan fingerprint density at radius 2 is 1.57 bits per heavy atom. The van der Waals surface area contributed by atoms with Crippen molar-refractivity contribution in [2.24, 2.45) is 0 Å². The van der Waals surface area contributed by atoms with Crippen molar-refractivity contribution in [2.75, 3.05) is 38.5 Å². The minimum Gasteiger partial charge on any atom is -0.497 e. The van der Waals surface area contributed by atoms with E-state index in [4.69, 9.17) is 14.2 Å². The Morgan fingerprint density at radius 3 is 2.11 bits per heavy atom. The summed E-state index contributed by atoms with van der Waals surface area (Å²) in [6.45, 7) is 4.18. The Morgan fingerprint density at radius 1 is 0.971 bits per heavy atom. The molecule has 1 aliphatic rings. The Balaban J connectivity index is 1.77. The molecule has 10 heteroatoms. The normalized spacial score (nSPS) is 15.3. The van der Waals surface area contributed by atoms with Crippen LogP contribution in [0.5, 0.6) is 11.5 Å². The summed E-state index contributed by atoms with van der Waals surface area (Å²) in [7, 11) is 4.36. The molecule has 0 saturated heterocycles. The molecule has 2 aromatic rings. The molecule has 4 amide bonds. The van der Waals surface area contributed by atoms with Gasteiger partial charge >= 0.3 is 18.0 Å². The number of amides is 4. The van der Waals surface area contributed by atoms with E-state index in [2.05, 4.69) is 16.0 Å². The number of carbonyl (C=O) groups is 3. The van der Waals surface area contributed by atoms with Crippen LogP contribution in [0.25, 0.3) is 0 Å². The minimum atomic E-state index is -0.671. The van der Waals surface area contributed by atoms with E-state index in [1.807, 2.05) is 6.92 Å². The number of hydrogen-bond acceptors (Lipinski definition) is 6. The standard InChI is InChI=1S/C25H30N4O6/c1-6-11-29-15(2)21(23(30)35-5)22(28-25(29)32)16-7-9-17(10-8-16)26-24(31)27-18-12-19(33-3)14-20(13-18)34-4/h7-10,12-14,22H,6,11H2,1-5H3,(H,28,32)(H2,26,27,31). The summed E-state index contributed by atoms with van der Waals surface area (Å²) in [5, 5.41) is 8.37. The smallest absolute Gasteiger partial charge is 0.337 e. The van der Waals surface area contributed by atoms with Crippen molar-refractivity contribution in [1.82, 2.24) is 10.2 Å². The van der Waals surface area contributed by atoms with Crippen LogP contribution in [-0.4, -0.2) is 50.8 Å². The molecule has 3 rings (SSSR count). The number of rotatable bonds is 8. The van der Waals surface area contributed by atoms with Crippen LogP contribution in [0, 0.1) is 0 Å². The molecule has 1 atom stereocenters. The summed E-state index contributed by atoms with van der Waals surface area (Å²) in [5.41, 5.74) is 2.63. The molecule has 0 fully saturated rings. The molecule has 10 nitrogen and oxygen atoms in total. The van der Waals surface area contributed by atoms with Crippen molar-refractivity contribution in [3.8, 4) is 11.5 Å². The summed E-state index contributed by atoms with van der Waals surface area (Å²) >= 11 is 0. The number of esters is 1. The maximum absolute atomic E-state index is 12.7. The predicted molar refractivity (Wildman–Crippen MR) is 132 cm³/mol. The van der Waals surface area contributed by atoms with E-state index in [0.717, 1.165) is 6.42 Å². The van der Waals surface area contributed by atoms with Gasteiger partial charge in [-0.15, -0.1) is 0 Å². The number of nitrogens with one attached hydrogen (secondary N) is 3. The fourth-order valence-corrected chi connectivity index (χ4v) is 3.83. The van der Waals surface area contributed by atoms with Crippen molar-refractivity contribution in [2.45, 2.75) is 26.3 Å². The first kappa shape index (κ1) is 25.4. The molecule has 0 aliphatic carbocycles. The van der Waals surface area contributed by atoms with Crippen LogP contribution >= 0.6 is 0 Å². The number of methoxy groups -OCH3 is 3. The lowest BCUT2D eigenvalue weighted by atomic mass is 9.94. The molecule has 2 aromatic carbocycles. The van der Waals surface area contributed by atoms with Gasteiger partial charge in [0.25, 0.3) is 0 Å². The maximum atomic E-state index is 12.7. The second kappa shape index (κ2) is 11.3. The molecular weight excluding hydrogens is 452 g/mol. The van der Waals surface area contributed by atoms with Gasteiger partial charge in [0.2, 0.25) is 0 Å². The topological polar surface area (TPSA) is 118 Å². The molecule has 1 heterocycles. The van der Waals surface area contributed by atoms with Crippen LogP contribution < -0.4 is 25.4 Å². The first-order valence-electron chi connectivity index (χ1n) is 11.1. The third kappa shape index (κ3) is 5.84. The van der Waals surface area contributed by atoms with Gasteiger partial charge in [-0.2, -0.15) is 0 Å². The van der Waals surface area contributed by atoms with Gasteiger partial charge in [0, 0.05) is 41.8 Å². The van der Waals surface area contributed by atoms with Gasteiger partial charge in [0.15, 0.2) is 0 Å². The molecule has 0 spiro atoms. The van der Waals surface area contributed by atoms with Gasteiger partial charge in [0.1, 0.15) is 11.5 Å². The lowest BCUT2D eigenvalue weighted by molar-refractivity contribution is -0.136. The first-order valence-corrected chi connectivity index (χ1v) is 11.1. The van der Waals surface area contributed by atoms with Crippen LogP contribution in [0.4, 0.5) is 21.0 Å². The molecule has 0 saturated carbocycles. The molecule has 0 radical (unpaired) electrons. The van der Waals surface area contributed by atoms with Crippen LogP contribution in [0.2, 0.25) is 0 Å². The van der Waals surface area contributed by atoms with Crippen LogP contribution in [0.1, 0.15) is 31.9 Å². The third-order valence-corrected chi connectivity index (χ3v) is 5.56. The van der Waals surface area contributed by atoms with Gasteiger partial charge in [-0.25, -0.2) is 14.4 Å². The van der Waals surface area contributed by atoms with E-state index >= 15 is 0 Å². The van der Waals surface area contributed by atoms with Crippen molar-refractivity contribution in [3.63, 3.8) is 0 Å². The van der Waals surface area contributed by atoms with Crippen molar-refractivity contribution < 1.29 is 28.6 Å². The molecule has 186 valence electrons. The fourth-order valence-electron chi connectivity index (χ4n) is 3.83. The average Bonchev–Trinajstić information content (AvgIpc) is 2.85. The molecule has 3 N–H and O–H groups in total. The monoisotopic (exact) mass is 482 g/mol. The van der Waals surface area contributed by atoms with Crippen molar-refractivity contribution >= 4 is 29.4 Å². The predicted octanol–water partition coefficient (Wildman–Crippen LogP) is 4.27. The molecular formula is C25H30N4O6. The first-order chi connectivity index (χ1) is 16.8. The molecule has 1 aliphatic heterocycles. The number of allylic oxidation sites excluding steroid dienone is 1. The maximum Gasteiger partial charge on any atom is 0.337 e. The zero-order valence-corrected chi connectivity index (χ0v) is 20.4. The zero-order chi connectivity index (χ0) is 25.5. The number of hydrogen-bond donors (Lipinski definition) is 3. The summed E-state index contributed by atoms with van der Waals surface area (Å²) in [4.78, 5) is 39.2. The second-order valence-electron chi connectivity index (χ2n) is 7.83. The number of ether oxygens (including phenoxy) is 3. The summed E-state index contributed by atoms with van der Waals surface area (Å²) in [6.07, 6.45) is 0.745. The van der Waals surface area contributed by atoms with Crippen molar-refractivity contribution in [1.29, 1.82) is 0 Å². The number of urea groups is 2. The minimum absolute atomic E-state index is 0.280. The molecule has 0 bridgehead atoms. The fraction of sp³-hybridized carbons (Fsp3) is 0.320. The van der Waals surface area contributed by atoms with E-state index in [0.29, 0.717) is 46.3 Å². The van der Waals surface area contributed by atoms with Crippen LogP contribution in [0.3, 0.4) is 0 Å². The highest BCUT2D eigenvalue weighted by molar-refractivity contribution is 6.00. The largest absolute Gasteiger partial charge is 0.497 e. The van der Waals surface area contributed by atoms with Crippen LogP contribution in [0.15, 0.2) is 53.7 Å². The molecule has 1 unspecified atom stereocenters. The van der Waals surface area contributed by atoms with E-state index in [9.17, 15) is 14.4 Å². The van der Waals surface area contributed by atoms with E-state index in [1.54, 1.807) is 49.4 Å². The number of carbonyl (C=O) groups excluding carboxylic acids is 3. The van der Waals surface area contributed by atoms with Gasteiger partial charge in [-0.1, -0.05) is 19.1 Å². The van der Waals surface area contributed by atoms with Gasteiger partial charge in [-0.3, -0.25) is 4.90 Å². The van der Waals surface area contributed by atoms with Gasteiger partial charge in [0.05, 0.1) is 32.9 Å². The van der Waals surface area contributed by atoms with Gasteiger partial charge in [-0.05, 0) is 31.0 Å². The zero-order valence-electron chi connectivity index (χ0n) is 20.4. The van der Waals surface area contributed by atoms with Crippen molar-refractivity contribution in [3.05, 3.63) is 59.3 Å². The lowest BCUT2D eigenvalue weighted by Crippen LogP contribution is -2.48. The highest BCUT2D eigenvalue weighted by atomic mass is 16.5. The number of benzene rings is 2. The quantitative estimate of drug-likeness (QED) is 0.484. The van der Waals surface area contributed by atoms with E-state index in [-0.39, 0.29) is 6.03 Å².